The van der Waals surface area contributed by atoms with E-state index >= 15 is 0 Å². The molecule has 0 fully saturated rings. The van der Waals surface area contributed by atoms with Crippen LogP contribution < -0.4 is 5.56 Å². The number of aliphatic carboxylic acids is 1. The lowest BCUT2D eigenvalue weighted by molar-refractivity contribution is -0.146. The molecular formula is C8H9ClN2O3. The molecule has 0 atom stereocenters. The molecule has 1 rings (SSSR count). The number of carbonyl (C=O) groups is 1. The van der Waals surface area contributed by atoms with Crippen molar-refractivity contribution in [1.82, 2.24) is 9.78 Å². The van der Waals surface area contributed by atoms with Gasteiger partial charge in [0.05, 0.1) is 0 Å². The number of carboxylic acid groups (broad SMARTS) is 1. The summed E-state index contributed by atoms with van der Waals surface area (Å²) in [5, 5.41) is 12.6. The molecule has 0 aromatic carbocycles. The van der Waals surface area contributed by atoms with Crippen molar-refractivity contribution in [2.45, 2.75) is 19.4 Å². The first-order chi connectivity index (χ1) is 6.35. The second-order valence-electron chi connectivity index (χ2n) is 3.27. The van der Waals surface area contributed by atoms with E-state index in [1.54, 1.807) is 0 Å². The number of carboxylic acids is 1. The van der Waals surface area contributed by atoms with E-state index in [0.717, 1.165) is 4.68 Å². The Bertz CT molecular complexity index is 425. The van der Waals surface area contributed by atoms with Gasteiger partial charge in [-0.1, -0.05) is 11.6 Å². The highest BCUT2D eigenvalue weighted by atomic mass is 35.5. The first-order valence-corrected chi connectivity index (χ1v) is 4.23. The van der Waals surface area contributed by atoms with Crippen LogP contribution in [0, 0.1) is 0 Å². The lowest BCUT2D eigenvalue weighted by Gasteiger charge is -2.20. The Morgan fingerprint density at radius 1 is 1.57 bits per heavy atom. The third-order valence-corrected chi connectivity index (χ3v) is 2.02. The van der Waals surface area contributed by atoms with Gasteiger partial charge in [-0.05, 0) is 19.9 Å². The highest BCUT2D eigenvalue weighted by molar-refractivity contribution is 6.29. The fourth-order valence-corrected chi connectivity index (χ4v) is 1.02. The molecule has 0 aliphatic heterocycles. The number of rotatable bonds is 2. The molecule has 0 amide bonds. The largest absolute Gasteiger partial charge is 0.479 e. The molecule has 0 saturated carbocycles. The molecule has 6 heteroatoms. The van der Waals surface area contributed by atoms with Crippen molar-refractivity contribution in [3.8, 4) is 0 Å². The van der Waals surface area contributed by atoms with Crippen LogP contribution in [0.4, 0.5) is 0 Å². The minimum atomic E-state index is -1.40. The minimum Gasteiger partial charge on any atom is -0.479 e. The van der Waals surface area contributed by atoms with Crippen LogP contribution in [0.3, 0.4) is 0 Å². The van der Waals surface area contributed by atoms with Gasteiger partial charge in [-0.3, -0.25) is 4.79 Å². The quantitative estimate of drug-likeness (QED) is 0.791. The maximum absolute atomic E-state index is 11.3. The molecule has 0 bridgehead atoms. The number of aromatic nitrogens is 2. The van der Waals surface area contributed by atoms with Gasteiger partial charge in [0.2, 0.25) is 0 Å². The van der Waals surface area contributed by atoms with Gasteiger partial charge < -0.3 is 5.11 Å². The Labute approximate surface area is 84.9 Å². The van der Waals surface area contributed by atoms with Crippen molar-refractivity contribution in [3.63, 3.8) is 0 Å². The first-order valence-electron chi connectivity index (χ1n) is 3.85. The fourth-order valence-electron chi connectivity index (χ4n) is 0.880. The molecule has 0 spiro atoms. The van der Waals surface area contributed by atoms with Crippen LogP contribution in [0.5, 0.6) is 0 Å². The van der Waals surface area contributed by atoms with Gasteiger partial charge in [0, 0.05) is 6.07 Å². The molecule has 0 aliphatic carbocycles. The SMILES string of the molecule is CC(C)(C(=O)O)n1nc(Cl)ccc1=O. The molecular weight excluding hydrogens is 208 g/mol. The number of hydrogen-bond donors (Lipinski definition) is 1. The molecule has 0 radical (unpaired) electrons. The first kappa shape index (κ1) is 10.7. The summed E-state index contributed by atoms with van der Waals surface area (Å²) in [5.74, 6) is -1.14. The summed E-state index contributed by atoms with van der Waals surface area (Å²) in [6, 6.07) is 2.50. The van der Waals surface area contributed by atoms with Crippen LogP contribution in [0.25, 0.3) is 0 Å². The Hall–Kier alpha value is -1.36. The van der Waals surface area contributed by atoms with E-state index in [-0.39, 0.29) is 5.15 Å². The van der Waals surface area contributed by atoms with Gasteiger partial charge in [-0.2, -0.15) is 5.10 Å². The van der Waals surface area contributed by atoms with E-state index in [0.29, 0.717) is 0 Å². The monoisotopic (exact) mass is 216 g/mol. The van der Waals surface area contributed by atoms with E-state index in [2.05, 4.69) is 5.10 Å². The highest BCUT2D eigenvalue weighted by Crippen LogP contribution is 2.12. The summed E-state index contributed by atoms with van der Waals surface area (Å²) in [4.78, 5) is 22.1. The normalized spacial score (nSPS) is 11.4. The number of hydrogen-bond acceptors (Lipinski definition) is 3. The molecule has 0 aliphatic rings. The zero-order valence-corrected chi connectivity index (χ0v) is 8.45. The van der Waals surface area contributed by atoms with Gasteiger partial charge in [-0.15, -0.1) is 0 Å². The molecule has 1 aromatic heterocycles. The summed E-state index contributed by atoms with van der Waals surface area (Å²) in [5.41, 5.74) is -1.90. The van der Waals surface area contributed by atoms with Gasteiger partial charge in [0.25, 0.3) is 5.56 Å². The van der Waals surface area contributed by atoms with Crippen LogP contribution in [0.1, 0.15) is 13.8 Å². The van der Waals surface area contributed by atoms with Crippen LogP contribution in [-0.4, -0.2) is 20.9 Å². The van der Waals surface area contributed by atoms with Crippen LogP contribution >= 0.6 is 11.6 Å². The molecule has 14 heavy (non-hydrogen) atoms. The lowest BCUT2D eigenvalue weighted by Crippen LogP contribution is -2.43. The van der Waals surface area contributed by atoms with Crippen molar-refractivity contribution in [2.75, 3.05) is 0 Å². The van der Waals surface area contributed by atoms with Crippen molar-refractivity contribution in [1.29, 1.82) is 0 Å². The summed E-state index contributed by atoms with van der Waals surface area (Å²) in [6.07, 6.45) is 0. The average molecular weight is 217 g/mol. The Balaban J connectivity index is 3.39. The zero-order chi connectivity index (χ0) is 10.9. The van der Waals surface area contributed by atoms with Gasteiger partial charge in [-0.25, -0.2) is 9.48 Å². The molecule has 76 valence electrons. The molecule has 5 nitrogen and oxygen atoms in total. The van der Waals surface area contributed by atoms with Gasteiger partial charge >= 0.3 is 5.97 Å². The van der Waals surface area contributed by atoms with E-state index in [9.17, 15) is 9.59 Å². The van der Waals surface area contributed by atoms with Gasteiger partial charge in [0.15, 0.2) is 5.54 Å². The standard InChI is InChI=1S/C8H9ClN2O3/c1-8(2,7(13)14)11-6(12)4-3-5(9)10-11/h3-4H,1-2H3,(H,13,14). The minimum absolute atomic E-state index is 0.0823. The van der Waals surface area contributed by atoms with Crippen molar-refractivity contribution in [2.24, 2.45) is 0 Å². The predicted molar refractivity (Wildman–Crippen MR) is 50.5 cm³/mol. The zero-order valence-electron chi connectivity index (χ0n) is 7.69. The number of nitrogens with zero attached hydrogens (tertiary/aromatic N) is 2. The topological polar surface area (TPSA) is 72.2 Å². The lowest BCUT2D eigenvalue weighted by atomic mass is 10.1. The Morgan fingerprint density at radius 2 is 2.14 bits per heavy atom. The third kappa shape index (κ3) is 1.77. The second-order valence-corrected chi connectivity index (χ2v) is 3.66. The summed E-state index contributed by atoms with van der Waals surface area (Å²) in [7, 11) is 0. The second kappa shape index (κ2) is 3.42. The molecule has 1 N–H and O–H groups in total. The van der Waals surface area contributed by atoms with Crippen LogP contribution in [-0.2, 0) is 10.3 Å². The van der Waals surface area contributed by atoms with Crippen LogP contribution in [0.15, 0.2) is 16.9 Å². The molecule has 0 unspecified atom stereocenters. The van der Waals surface area contributed by atoms with Crippen LogP contribution in [0.2, 0.25) is 5.15 Å². The van der Waals surface area contributed by atoms with Crippen molar-refractivity contribution in [3.05, 3.63) is 27.6 Å². The van der Waals surface area contributed by atoms with Crippen molar-refractivity contribution < 1.29 is 9.90 Å². The van der Waals surface area contributed by atoms with Gasteiger partial charge in [0.1, 0.15) is 5.15 Å². The van der Waals surface area contributed by atoms with E-state index < -0.39 is 17.1 Å². The Kier molecular flexibility index (Phi) is 2.62. The fraction of sp³-hybridized carbons (Fsp3) is 0.375. The number of halogens is 1. The average Bonchev–Trinajstić information content (AvgIpc) is 2.08. The van der Waals surface area contributed by atoms with E-state index in [4.69, 9.17) is 16.7 Å². The maximum Gasteiger partial charge on any atom is 0.331 e. The summed E-state index contributed by atoms with van der Waals surface area (Å²) in [6.45, 7) is 2.75. The van der Waals surface area contributed by atoms with E-state index in [1.165, 1.54) is 26.0 Å². The third-order valence-electron chi connectivity index (χ3n) is 1.82. The molecule has 0 saturated heterocycles. The predicted octanol–water partition coefficient (Wildman–Crippen LogP) is 0.716. The molecule has 1 heterocycles. The highest BCUT2D eigenvalue weighted by Gasteiger charge is 2.31. The Morgan fingerprint density at radius 3 is 2.64 bits per heavy atom. The molecule has 1 aromatic rings. The van der Waals surface area contributed by atoms with Crippen molar-refractivity contribution >= 4 is 17.6 Å². The summed E-state index contributed by atoms with van der Waals surface area (Å²) < 4.78 is 0.845. The smallest absolute Gasteiger partial charge is 0.331 e. The summed E-state index contributed by atoms with van der Waals surface area (Å²) >= 11 is 5.56. The maximum atomic E-state index is 11.3. The van der Waals surface area contributed by atoms with E-state index in [1.807, 2.05) is 0 Å².